The normalized spacial score (nSPS) is 23.4. The molecule has 2 aliphatic heterocycles. The van der Waals surface area contributed by atoms with E-state index in [2.05, 4.69) is 15.3 Å². The number of piperidine rings is 1. The van der Waals surface area contributed by atoms with Crippen LogP contribution < -0.4 is 5.32 Å². The summed E-state index contributed by atoms with van der Waals surface area (Å²) in [6, 6.07) is 4.56. The van der Waals surface area contributed by atoms with Gasteiger partial charge in [0.25, 0.3) is 5.91 Å². The maximum absolute atomic E-state index is 13.9. The quantitative estimate of drug-likeness (QED) is 0.399. The van der Waals surface area contributed by atoms with E-state index in [1.807, 2.05) is 27.7 Å². The van der Waals surface area contributed by atoms with Gasteiger partial charge >= 0.3 is 6.18 Å². The SMILES string of the molecule is Cc1cc(C(F)(F)F)nc(-c2ccnc3cc(CN4C(=O)C5C(C4=O)C5(C)C)sc23)c1C(=O)N1CC[C@H](NC(C)C)C1. The molecule has 222 valence electrons. The molecule has 1 saturated carbocycles. The molecule has 5 heterocycles. The molecule has 3 fully saturated rings. The Morgan fingerprint density at radius 2 is 1.88 bits per heavy atom. The lowest BCUT2D eigenvalue weighted by molar-refractivity contribution is -0.144. The first kappa shape index (κ1) is 28.7. The van der Waals surface area contributed by atoms with Crippen molar-refractivity contribution in [2.45, 2.75) is 65.8 Å². The van der Waals surface area contributed by atoms with Crippen LogP contribution in [-0.2, 0) is 22.3 Å². The number of rotatable bonds is 6. The van der Waals surface area contributed by atoms with E-state index < -0.39 is 11.9 Å². The molecule has 42 heavy (non-hydrogen) atoms. The van der Waals surface area contributed by atoms with Gasteiger partial charge in [0, 0.05) is 41.8 Å². The van der Waals surface area contributed by atoms with Gasteiger partial charge in [-0.3, -0.25) is 24.3 Å². The molecule has 3 aromatic rings. The number of carbonyl (C=O) groups is 3. The third-order valence-electron chi connectivity index (χ3n) is 8.69. The number of alkyl halides is 3. The molecule has 3 aliphatic rings. The van der Waals surface area contributed by atoms with Gasteiger partial charge in [0.05, 0.1) is 39.9 Å². The van der Waals surface area contributed by atoms with Crippen molar-refractivity contribution in [2.75, 3.05) is 13.1 Å². The smallest absolute Gasteiger partial charge is 0.337 e. The van der Waals surface area contributed by atoms with Crippen LogP contribution in [0.5, 0.6) is 0 Å². The Labute approximate surface area is 245 Å². The average Bonchev–Trinajstić information content (AvgIpc) is 3.30. The van der Waals surface area contributed by atoms with Gasteiger partial charge in [-0.05, 0) is 42.5 Å². The first-order valence-electron chi connectivity index (χ1n) is 14.1. The van der Waals surface area contributed by atoms with Crippen LogP contribution >= 0.6 is 11.3 Å². The molecule has 0 radical (unpaired) electrons. The van der Waals surface area contributed by atoms with E-state index in [0.29, 0.717) is 33.7 Å². The molecule has 0 bridgehead atoms. The van der Waals surface area contributed by atoms with Gasteiger partial charge in [0.1, 0.15) is 5.69 Å². The fourth-order valence-corrected chi connectivity index (χ4v) is 7.68. The van der Waals surface area contributed by atoms with Crippen molar-refractivity contribution in [3.8, 4) is 11.3 Å². The van der Waals surface area contributed by atoms with E-state index in [1.54, 1.807) is 17.0 Å². The van der Waals surface area contributed by atoms with Crippen LogP contribution in [0.25, 0.3) is 21.5 Å². The van der Waals surface area contributed by atoms with Crippen molar-refractivity contribution in [3.05, 3.63) is 46.1 Å². The van der Waals surface area contributed by atoms with Crippen molar-refractivity contribution in [1.29, 1.82) is 0 Å². The zero-order valence-corrected chi connectivity index (χ0v) is 24.8. The fourth-order valence-electron chi connectivity index (χ4n) is 6.56. The Balaban J connectivity index is 1.39. The number of hydrogen-bond acceptors (Lipinski definition) is 7. The van der Waals surface area contributed by atoms with Gasteiger partial charge in [0.15, 0.2) is 0 Å². The van der Waals surface area contributed by atoms with Crippen molar-refractivity contribution < 1.29 is 27.6 Å². The lowest BCUT2D eigenvalue weighted by Gasteiger charge is -2.22. The van der Waals surface area contributed by atoms with Crippen molar-refractivity contribution in [3.63, 3.8) is 0 Å². The Hall–Kier alpha value is -3.38. The van der Waals surface area contributed by atoms with E-state index >= 15 is 0 Å². The second-order valence-electron chi connectivity index (χ2n) is 12.4. The van der Waals surface area contributed by atoms with Crippen LogP contribution in [-0.4, -0.2) is 62.7 Å². The first-order valence-corrected chi connectivity index (χ1v) is 14.9. The fraction of sp³-hybridized carbons (Fsp3) is 0.500. The van der Waals surface area contributed by atoms with Crippen LogP contribution in [0.3, 0.4) is 0 Å². The highest BCUT2D eigenvalue weighted by Gasteiger charge is 2.72. The maximum Gasteiger partial charge on any atom is 0.433 e. The Morgan fingerprint density at radius 3 is 2.52 bits per heavy atom. The third-order valence-corrected chi connectivity index (χ3v) is 9.83. The summed E-state index contributed by atoms with van der Waals surface area (Å²) in [5.74, 6) is -1.37. The minimum Gasteiger partial charge on any atom is -0.337 e. The van der Waals surface area contributed by atoms with Crippen molar-refractivity contribution in [2.24, 2.45) is 17.3 Å². The molecule has 0 aromatic carbocycles. The Bertz CT molecular complexity index is 1610. The molecule has 12 heteroatoms. The van der Waals surface area contributed by atoms with E-state index in [4.69, 9.17) is 0 Å². The van der Waals surface area contributed by atoms with Gasteiger partial charge in [-0.15, -0.1) is 11.3 Å². The van der Waals surface area contributed by atoms with E-state index in [1.165, 1.54) is 29.4 Å². The van der Waals surface area contributed by atoms with E-state index in [-0.39, 0.29) is 70.4 Å². The van der Waals surface area contributed by atoms with Crippen LogP contribution in [0.15, 0.2) is 24.4 Å². The molecule has 0 spiro atoms. The minimum atomic E-state index is -4.71. The van der Waals surface area contributed by atoms with Gasteiger partial charge in [-0.1, -0.05) is 27.7 Å². The van der Waals surface area contributed by atoms with Gasteiger partial charge < -0.3 is 10.2 Å². The highest BCUT2D eigenvalue weighted by Crippen LogP contribution is 2.63. The van der Waals surface area contributed by atoms with E-state index in [9.17, 15) is 27.6 Å². The van der Waals surface area contributed by atoms with Gasteiger partial charge in [-0.2, -0.15) is 13.2 Å². The van der Waals surface area contributed by atoms with E-state index in [0.717, 1.165) is 12.5 Å². The molecule has 1 N–H and O–H groups in total. The topological polar surface area (TPSA) is 95.5 Å². The summed E-state index contributed by atoms with van der Waals surface area (Å²) in [6.07, 6.45) is -2.49. The molecule has 3 atom stereocenters. The number of thiophene rings is 1. The van der Waals surface area contributed by atoms with Crippen LogP contribution in [0.2, 0.25) is 0 Å². The summed E-state index contributed by atoms with van der Waals surface area (Å²) < 4.78 is 42.3. The summed E-state index contributed by atoms with van der Waals surface area (Å²) in [7, 11) is 0. The molecule has 3 amide bonds. The molecule has 2 saturated heterocycles. The summed E-state index contributed by atoms with van der Waals surface area (Å²) in [5.41, 5.74) is -0.288. The summed E-state index contributed by atoms with van der Waals surface area (Å²) in [5, 5.41) is 3.42. The molecule has 3 aromatic heterocycles. The van der Waals surface area contributed by atoms with Crippen molar-refractivity contribution in [1.82, 2.24) is 25.1 Å². The molecule has 1 aliphatic carbocycles. The molecule has 6 rings (SSSR count). The zero-order valence-electron chi connectivity index (χ0n) is 24.0. The van der Waals surface area contributed by atoms with Crippen LogP contribution in [0.4, 0.5) is 13.2 Å². The predicted molar refractivity (Wildman–Crippen MR) is 151 cm³/mol. The van der Waals surface area contributed by atoms with Crippen molar-refractivity contribution >= 4 is 39.3 Å². The number of nitrogens with zero attached hydrogens (tertiary/aromatic N) is 4. The summed E-state index contributed by atoms with van der Waals surface area (Å²) in [6.45, 7) is 10.4. The first-order chi connectivity index (χ1) is 19.7. The van der Waals surface area contributed by atoms with Gasteiger partial charge in [-0.25, -0.2) is 4.98 Å². The molecular weight excluding hydrogens is 567 g/mol. The number of imide groups is 1. The Kier molecular flexibility index (Phi) is 6.73. The average molecular weight is 600 g/mol. The second kappa shape index (κ2) is 9.84. The highest BCUT2D eigenvalue weighted by atomic mass is 32.1. The number of halogens is 3. The molecule has 2 unspecified atom stereocenters. The number of hydrogen-bond donors (Lipinski definition) is 1. The van der Waals surface area contributed by atoms with Crippen LogP contribution in [0, 0.1) is 24.2 Å². The number of nitrogens with one attached hydrogen (secondary N) is 1. The standard InChI is InChI=1S/C30H32F3N5O3S/c1-14(2)35-16-7-9-37(12-16)26(39)21-15(3)10-20(30(31,32)33)36-24(21)18-6-8-34-19-11-17(42-25(18)19)13-38-27(40)22-23(28(38)41)29(22,4)5/h6,8,10-11,14,16,22-23,35H,7,9,12-13H2,1-5H3/t16-,22?,23?/m0/s1. The number of carbonyl (C=O) groups excluding carboxylic acids is 3. The summed E-state index contributed by atoms with van der Waals surface area (Å²) >= 11 is 1.24. The number of likely N-dealkylation sites (tertiary alicyclic amines) is 2. The van der Waals surface area contributed by atoms with Gasteiger partial charge in [0.2, 0.25) is 11.8 Å². The zero-order chi connectivity index (χ0) is 30.3. The number of amides is 3. The second-order valence-corrected chi connectivity index (χ2v) is 13.6. The molecular formula is C30H32F3N5O3S. The lowest BCUT2D eigenvalue weighted by atomic mass is 9.99. The van der Waals surface area contributed by atoms with Crippen LogP contribution in [0.1, 0.15) is 60.6 Å². The number of aryl methyl sites for hydroxylation is 1. The number of fused-ring (bicyclic) bond motifs is 2. The lowest BCUT2D eigenvalue weighted by Crippen LogP contribution is -2.38. The third kappa shape index (κ3) is 4.68. The predicted octanol–water partition coefficient (Wildman–Crippen LogP) is 5.04. The monoisotopic (exact) mass is 599 g/mol. The highest BCUT2D eigenvalue weighted by molar-refractivity contribution is 7.19. The minimum absolute atomic E-state index is 0.0512. The molecule has 8 nitrogen and oxygen atoms in total. The summed E-state index contributed by atoms with van der Waals surface area (Å²) in [4.78, 5) is 51.7. The Morgan fingerprint density at radius 1 is 1.19 bits per heavy atom. The maximum atomic E-state index is 13.9. The largest absolute Gasteiger partial charge is 0.433 e. The number of pyridine rings is 2. The number of aromatic nitrogens is 2.